The van der Waals surface area contributed by atoms with Crippen LogP contribution in [0.4, 0.5) is 20.4 Å². The lowest BCUT2D eigenvalue weighted by atomic mass is 10.1. The summed E-state index contributed by atoms with van der Waals surface area (Å²) in [5.41, 5.74) is 6.03. The summed E-state index contributed by atoms with van der Waals surface area (Å²) in [6, 6.07) is 15.8. The zero-order valence-corrected chi connectivity index (χ0v) is 18.9. The topological polar surface area (TPSA) is 144 Å². The van der Waals surface area contributed by atoms with Crippen LogP contribution in [0.5, 0.6) is 0 Å². The summed E-state index contributed by atoms with van der Waals surface area (Å²) in [6.07, 6.45) is 2.43. The van der Waals surface area contributed by atoms with Crippen LogP contribution in [0.3, 0.4) is 0 Å². The second kappa shape index (κ2) is 10.2. The quantitative estimate of drug-likeness (QED) is 0.255. The number of nitrogens with two attached hydrogens (primary N) is 1. The number of aromatic nitrogens is 3. The van der Waals surface area contributed by atoms with Gasteiger partial charge in [0, 0.05) is 30.4 Å². The van der Waals surface area contributed by atoms with Crippen molar-refractivity contribution in [1.29, 1.82) is 5.26 Å². The van der Waals surface area contributed by atoms with Crippen LogP contribution in [-0.2, 0) is 23.7 Å². The summed E-state index contributed by atoms with van der Waals surface area (Å²) in [4.78, 5) is 20.3. The minimum atomic E-state index is -3.35. The number of nitrogens with zero attached hydrogens (tertiary/aromatic N) is 4. The number of alkyl halides is 2. The lowest BCUT2D eigenvalue weighted by molar-refractivity contribution is -0.598. The first-order valence-corrected chi connectivity index (χ1v) is 10.9. The van der Waals surface area contributed by atoms with Crippen LogP contribution in [0.15, 0.2) is 67.0 Å². The molecule has 1 amide bonds. The predicted molar refractivity (Wildman–Crippen MR) is 128 cm³/mol. The molecular formula is C25H21F2N7O2. The highest BCUT2D eigenvalue weighted by Crippen LogP contribution is 2.26. The molecule has 4 N–H and O–H groups in total. The summed E-state index contributed by atoms with van der Waals surface area (Å²) >= 11 is 0. The zero-order valence-electron chi connectivity index (χ0n) is 18.9. The molecule has 4 rings (SSSR count). The molecule has 0 aliphatic heterocycles. The van der Waals surface area contributed by atoms with Crippen molar-refractivity contribution >= 4 is 28.3 Å². The van der Waals surface area contributed by atoms with E-state index in [0.717, 1.165) is 16.3 Å². The Labute approximate surface area is 204 Å². The number of amides is 1. The molecule has 1 aromatic carbocycles. The van der Waals surface area contributed by atoms with Crippen molar-refractivity contribution in [3.63, 3.8) is 0 Å². The van der Waals surface area contributed by atoms with Gasteiger partial charge in [-0.3, -0.25) is 15.1 Å². The van der Waals surface area contributed by atoms with Gasteiger partial charge in [-0.05, 0) is 41.3 Å². The molecule has 0 aliphatic rings. The Morgan fingerprint density at radius 1 is 1.14 bits per heavy atom. The molecule has 0 radical (unpaired) electrons. The van der Waals surface area contributed by atoms with Gasteiger partial charge < -0.3 is 16.3 Å². The number of nitriles is 1. The van der Waals surface area contributed by atoms with Gasteiger partial charge in [-0.15, -0.1) is 0 Å². The van der Waals surface area contributed by atoms with Crippen LogP contribution in [0.2, 0.25) is 0 Å². The highest BCUT2D eigenvalue weighted by atomic mass is 19.3. The predicted octanol–water partition coefficient (Wildman–Crippen LogP) is 2.78. The van der Waals surface area contributed by atoms with Crippen molar-refractivity contribution in [2.45, 2.75) is 18.9 Å². The summed E-state index contributed by atoms with van der Waals surface area (Å²) in [7, 11) is 0. The van der Waals surface area contributed by atoms with Gasteiger partial charge >= 0.3 is 5.92 Å². The SMILES string of the molecule is N#Cc1ccc(NCC(F)(F)c2ccccn2)[n+]([O-])c1CC(=O)NCc1ccc2ccnc(N)c2c1. The highest BCUT2D eigenvalue weighted by Gasteiger charge is 2.35. The number of carbonyl (C=O) groups excluding carboxylic acids is 1. The molecule has 0 saturated carbocycles. The summed E-state index contributed by atoms with van der Waals surface area (Å²) in [5, 5.41) is 29.0. The lowest BCUT2D eigenvalue weighted by Crippen LogP contribution is -2.41. The van der Waals surface area contributed by atoms with Crippen molar-refractivity contribution in [3.8, 4) is 6.07 Å². The molecule has 4 aromatic rings. The average Bonchev–Trinajstić information content (AvgIpc) is 2.89. The van der Waals surface area contributed by atoms with E-state index in [1.807, 2.05) is 24.3 Å². The fraction of sp³-hybridized carbons (Fsp3) is 0.160. The number of pyridine rings is 3. The first-order valence-electron chi connectivity index (χ1n) is 10.9. The fourth-order valence-electron chi connectivity index (χ4n) is 3.61. The van der Waals surface area contributed by atoms with E-state index in [2.05, 4.69) is 20.6 Å². The Morgan fingerprint density at radius 3 is 2.72 bits per heavy atom. The molecular weight excluding hydrogens is 468 g/mol. The Hall–Kier alpha value is -4.85. The third-order valence-electron chi connectivity index (χ3n) is 5.51. The van der Waals surface area contributed by atoms with Crippen molar-refractivity contribution in [1.82, 2.24) is 15.3 Å². The molecule has 0 bridgehead atoms. The molecule has 0 aliphatic carbocycles. The summed E-state index contributed by atoms with van der Waals surface area (Å²) < 4.78 is 29.2. The largest absolute Gasteiger partial charge is 0.710 e. The van der Waals surface area contributed by atoms with Crippen LogP contribution in [0.1, 0.15) is 22.5 Å². The number of hydrogen-bond acceptors (Lipinski definition) is 7. The van der Waals surface area contributed by atoms with Gasteiger partial charge in [0.1, 0.15) is 23.3 Å². The molecule has 0 atom stereocenters. The Balaban J connectivity index is 1.45. The second-order valence-electron chi connectivity index (χ2n) is 7.96. The number of benzene rings is 1. The third-order valence-corrected chi connectivity index (χ3v) is 5.51. The molecule has 11 heteroatoms. The molecule has 0 fully saturated rings. The minimum absolute atomic E-state index is 0.0354. The van der Waals surface area contributed by atoms with E-state index in [4.69, 9.17) is 5.73 Å². The van der Waals surface area contributed by atoms with Crippen molar-refractivity contribution in [2.75, 3.05) is 17.6 Å². The molecule has 3 heterocycles. The van der Waals surface area contributed by atoms with Gasteiger partial charge in [0.25, 0.3) is 5.82 Å². The van der Waals surface area contributed by atoms with Crippen LogP contribution in [0, 0.1) is 16.5 Å². The monoisotopic (exact) mass is 489 g/mol. The Morgan fingerprint density at radius 2 is 1.97 bits per heavy atom. The normalized spacial score (nSPS) is 11.1. The zero-order chi connectivity index (χ0) is 25.7. The van der Waals surface area contributed by atoms with Gasteiger partial charge in [-0.2, -0.15) is 14.0 Å². The standard InChI is InChI=1S/C25H21F2N7O2/c26-25(27,21-3-1-2-9-30-21)15-33-22-7-6-18(13-28)20(34(22)36)12-23(35)32-14-16-4-5-17-8-10-31-24(29)19(17)11-16/h1-11,33H,12,14-15H2,(H2,29,31)(H,32,35). The van der Waals surface area contributed by atoms with Crippen LogP contribution in [-0.4, -0.2) is 22.4 Å². The van der Waals surface area contributed by atoms with E-state index in [0.29, 0.717) is 5.82 Å². The van der Waals surface area contributed by atoms with Crippen LogP contribution < -0.4 is 21.1 Å². The number of hydrogen-bond donors (Lipinski definition) is 3. The Kier molecular flexibility index (Phi) is 6.87. The smallest absolute Gasteiger partial charge is 0.325 e. The first-order chi connectivity index (χ1) is 17.3. The van der Waals surface area contributed by atoms with E-state index in [1.54, 1.807) is 12.3 Å². The molecule has 0 spiro atoms. The number of fused-ring (bicyclic) bond motifs is 1. The Bertz CT molecular complexity index is 1460. The highest BCUT2D eigenvalue weighted by molar-refractivity contribution is 5.91. The fourth-order valence-corrected chi connectivity index (χ4v) is 3.61. The van der Waals surface area contributed by atoms with Crippen molar-refractivity contribution in [3.05, 3.63) is 94.7 Å². The lowest BCUT2D eigenvalue weighted by Gasteiger charge is -2.18. The van der Waals surface area contributed by atoms with Gasteiger partial charge in [0.2, 0.25) is 5.91 Å². The van der Waals surface area contributed by atoms with E-state index in [1.165, 1.54) is 36.5 Å². The average molecular weight is 489 g/mol. The van der Waals surface area contributed by atoms with Gasteiger partial charge in [-0.25, -0.2) is 9.71 Å². The molecule has 182 valence electrons. The van der Waals surface area contributed by atoms with Gasteiger partial charge in [0.05, 0.1) is 12.0 Å². The molecule has 0 unspecified atom stereocenters. The van der Waals surface area contributed by atoms with Crippen molar-refractivity contribution in [2.24, 2.45) is 0 Å². The molecule has 36 heavy (non-hydrogen) atoms. The number of halogens is 2. The van der Waals surface area contributed by atoms with Gasteiger partial charge in [0.15, 0.2) is 6.54 Å². The van der Waals surface area contributed by atoms with Crippen molar-refractivity contribution < 1.29 is 18.3 Å². The first kappa shape index (κ1) is 24.3. The summed E-state index contributed by atoms with van der Waals surface area (Å²) in [5.74, 6) is -3.72. The van der Waals surface area contributed by atoms with E-state index in [9.17, 15) is 24.0 Å². The maximum absolute atomic E-state index is 14.4. The number of nitrogens with one attached hydrogen (secondary N) is 2. The number of nitrogen functional groups attached to an aromatic ring is 1. The van der Waals surface area contributed by atoms with E-state index in [-0.39, 0.29) is 28.4 Å². The maximum atomic E-state index is 14.4. The molecule has 3 aromatic heterocycles. The van der Waals surface area contributed by atoms with Crippen LogP contribution in [0.25, 0.3) is 10.8 Å². The number of anilines is 2. The maximum Gasteiger partial charge on any atom is 0.325 e. The minimum Gasteiger partial charge on any atom is -0.710 e. The van der Waals surface area contributed by atoms with E-state index < -0.39 is 30.5 Å². The van der Waals surface area contributed by atoms with E-state index >= 15 is 0 Å². The van der Waals surface area contributed by atoms with Gasteiger partial charge in [-0.1, -0.05) is 18.2 Å². The second-order valence-corrected chi connectivity index (χ2v) is 7.96. The molecule has 9 nitrogen and oxygen atoms in total. The summed E-state index contributed by atoms with van der Waals surface area (Å²) in [6.45, 7) is -0.748. The number of rotatable bonds is 8. The van der Waals surface area contributed by atoms with Crippen LogP contribution >= 0.6 is 0 Å². The number of carbonyl (C=O) groups is 1. The molecule has 0 saturated heterocycles. The third kappa shape index (κ3) is 5.28.